The molecule has 0 aliphatic rings. The van der Waals surface area contributed by atoms with E-state index >= 15 is 0 Å². The van der Waals surface area contributed by atoms with Gasteiger partial charge in [-0.3, -0.25) is 0 Å². The van der Waals surface area contributed by atoms with Gasteiger partial charge in [0.25, 0.3) is 0 Å². The molecule has 2 heterocycles. The normalized spacial score (nSPS) is 12.8. The minimum atomic E-state index is 0.374. The van der Waals surface area contributed by atoms with Crippen molar-refractivity contribution in [2.75, 3.05) is 6.54 Å². The fourth-order valence-electron chi connectivity index (χ4n) is 1.81. The Morgan fingerprint density at radius 3 is 2.88 bits per heavy atom. The number of nitrogens with zero attached hydrogens (tertiary/aromatic N) is 3. The van der Waals surface area contributed by atoms with Crippen LogP contribution in [0.25, 0.3) is 0 Å². The van der Waals surface area contributed by atoms with Crippen LogP contribution in [0.4, 0.5) is 0 Å². The first-order valence-corrected chi connectivity index (χ1v) is 6.79. The van der Waals surface area contributed by atoms with Crippen LogP contribution in [-0.2, 0) is 6.54 Å². The Balaban J connectivity index is 1.83. The molecule has 2 rings (SSSR count). The number of aryl methyl sites for hydroxylation is 1. The largest absolute Gasteiger partial charge is 0.334 e. The molecule has 17 heavy (non-hydrogen) atoms. The van der Waals surface area contributed by atoms with Gasteiger partial charge < -0.3 is 9.88 Å². The molecule has 2 aromatic rings. The molecule has 92 valence electrons. The minimum absolute atomic E-state index is 0.374. The van der Waals surface area contributed by atoms with Gasteiger partial charge >= 0.3 is 0 Å². The summed E-state index contributed by atoms with van der Waals surface area (Å²) in [5.41, 5.74) is 0. The van der Waals surface area contributed by atoms with E-state index in [9.17, 15) is 0 Å². The maximum Gasteiger partial charge on any atom is 0.109 e. The Morgan fingerprint density at radius 2 is 2.29 bits per heavy atom. The highest BCUT2D eigenvalue weighted by molar-refractivity contribution is 7.09. The number of thiazole rings is 1. The smallest absolute Gasteiger partial charge is 0.109 e. The third-order valence-electron chi connectivity index (χ3n) is 2.82. The van der Waals surface area contributed by atoms with Crippen molar-refractivity contribution in [1.82, 2.24) is 19.9 Å². The van der Waals surface area contributed by atoms with E-state index in [1.807, 2.05) is 30.9 Å². The second-order valence-corrected chi connectivity index (χ2v) is 4.88. The van der Waals surface area contributed by atoms with Crippen molar-refractivity contribution < 1.29 is 0 Å². The molecule has 4 nitrogen and oxygen atoms in total. The molecular weight excluding hydrogens is 232 g/mol. The van der Waals surface area contributed by atoms with E-state index in [1.165, 1.54) is 5.01 Å². The Bertz CT molecular complexity index is 435. The fraction of sp³-hybridized carbons (Fsp3) is 0.500. The number of aromatic nitrogens is 3. The zero-order chi connectivity index (χ0) is 12.1. The van der Waals surface area contributed by atoms with E-state index in [0.29, 0.717) is 6.04 Å². The van der Waals surface area contributed by atoms with E-state index < -0.39 is 0 Å². The molecule has 0 aliphatic carbocycles. The molecule has 1 atom stereocenters. The van der Waals surface area contributed by atoms with Gasteiger partial charge in [0.15, 0.2) is 0 Å². The maximum atomic E-state index is 4.36. The van der Waals surface area contributed by atoms with Crippen LogP contribution < -0.4 is 5.32 Å². The van der Waals surface area contributed by atoms with Crippen molar-refractivity contribution in [2.45, 2.75) is 32.9 Å². The predicted octanol–water partition coefficient (Wildman–Crippen LogP) is 2.39. The predicted molar refractivity (Wildman–Crippen MR) is 70.1 cm³/mol. The lowest BCUT2D eigenvalue weighted by atomic mass is 10.2. The Morgan fingerprint density at radius 1 is 1.41 bits per heavy atom. The first kappa shape index (κ1) is 12.3. The number of imidazole rings is 1. The SMILES string of the molecule is CCC(NCCn1ccnc1C)c1nccs1. The fourth-order valence-corrected chi connectivity index (χ4v) is 2.61. The molecule has 1 unspecified atom stereocenters. The number of nitrogens with one attached hydrogen (secondary N) is 1. The summed E-state index contributed by atoms with van der Waals surface area (Å²) >= 11 is 1.71. The van der Waals surface area contributed by atoms with Crippen molar-refractivity contribution in [3.05, 3.63) is 34.8 Å². The first-order valence-electron chi connectivity index (χ1n) is 5.91. The van der Waals surface area contributed by atoms with Crippen LogP contribution in [0.15, 0.2) is 24.0 Å². The molecule has 5 heteroatoms. The van der Waals surface area contributed by atoms with E-state index in [1.54, 1.807) is 11.3 Å². The summed E-state index contributed by atoms with van der Waals surface area (Å²) in [7, 11) is 0. The Hall–Kier alpha value is -1.20. The van der Waals surface area contributed by atoms with E-state index in [0.717, 1.165) is 25.3 Å². The summed E-state index contributed by atoms with van der Waals surface area (Å²) in [4.78, 5) is 8.57. The highest BCUT2D eigenvalue weighted by Crippen LogP contribution is 2.18. The van der Waals surface area contributed by atoms with E-state index in [4.69, 9.17) is 0 Å². The van der Waals surface area contributed by atoms with Crippen LogP contribution in [0.1, 0.15) is 30.2 Å². The van der Waals surface area contributed by atoms with Gasteiger partial charge in [0.05, 0.1) is 6.04 Å². The average molecular weight is 250 g/mol. The van der Waals surface area contributed by atoms with Gasteiger partial charge in [0.1, 0.15) is 10.8 Å². The van der Waals surface area contributed by atoms with Gasteiger partial charge in [-0.1, -0.05) is 6.92 Å². The van der Waals surface area contributed by atoms with Crippen molar-refractivity contribution >= 4 is 11.3 Å². The lowest BCUT2D eigenvalue weighted by molar-refractivity contribution is 0.487. The molecule has 0 saturated heterocycles. The molecular formula is C12H18N4S. The van der Waals surface area contributed by atoms with Crippen molar-refractivity contribution in [1.29, 1.82) is 0 Å². The second kappa shape index (κ2) is 5.93. The van der Waals surface area contributed by atoms with Crippen molar-refractivity contribution in [3.63, 3.8) is 0 Å². The zero-order valence-corrected chi connectivity index (χ0v) is 11.1. The standard InChI is InChI=1S/C12H18N4S/c1-3-11(12-15-6-9-17-12)14-5-8-16-7-4-13-10(16)2/h4,6-7,9,11,14H,3,5,8H2,1-2H3. The summed E-state index contributed by atoms with van der Waals surface area (Å²) in [6.07, 6.45) is 6.79. The van der Waals surface area contributed by atoms with Gasteiger partial charge in [-0.2, -0.15) is 0 Å². The number of hydrogen-bond donors (Lipinski definition) is 1. The Kier molecular flexibility index (Phi) is 4.28. The quantitative estimate of drug-likeness (QED) is 0.856. The minimum Gasteiger partial charge on any atom is -0.334 e. The van der Waals surface area contributed by atoms with Crippen molar-refractivity contribution in [2.24, 2.45) is 0 Å². The highest BCUT2D eigenvalue weighted by atomic mass is 32.1. The van der Waals surface area contributed by atoms with Gasteiger partial charge in [-0.05, 0) is 13.3 Å². The first-order chi connectivity index (χ1) is 8.31. The van der Waals surface area contributed by atoms with Crippen LogP contribution in [0, 0.1) is 6.92 Å². The molecule has 0 radical (unpaired) electrons. The van der Waals surface area contributed by atoms with E-state index in [-0.39, 0.29) is 0 Å². The molecule has 0 saturated carbocycles. The molecule has 0 amide bonds. The summed E-state index contributed by atoms with van der Waals surface area (Å²) in [5, 5.41) is 6.74. The highest BCUT2D eigenvalue weighted by Gasteiger charge is 2.10. The lowest BCUT2D eigenvalue weighted by Gasteiger charge is -2.14. The topological polar surface area (TPSA) is 42.7 Å². The van der Waals surface area contributed by atoms with Crippen molar-refractivity contribution in [3.8, 4) is 0 Å². The summed E-state index contributed by atoms with van der Waals surface area (Å²) < 4.78 is 2.15. The number of hydrogen-bond acceptors (Lipinski definition) is 4. The summed E-state index contributed by atoms with van der Waals surface area (Å²) in [5.74, 6) is 1.06. The van der Waals surface area contributed by atoms with Crippen LogP contribution in [0.5, 0.6) is 0 Å². The van der Waals surface area contributed by atoms with Crippen LogP contribution in [0.2, 0.25) is 0 Å². The number of rotatable bonds is 6. The monoisotopic (exact) mass is 250 g/mol. The summed E-state index contributed by atoms with van der Waals surface area (Å²) in [6.45, 7) is 6.10. The third-order valence-corrected chi connectivity index (χ3v) is 3.71. The van der Waals surface area contributed by atoms with E-state index in [2.05, 4.69) is 26.8 Å². The summed E-state index contributed by atoms with van der Waals surface area (Å²) in [6, 6.07) is 0.374. The van der Waals surface area contributed by atoms with Crippen LogP contribution >= 0.6 is 11.3 Å². The van der Waals surface area contributed by atoms with Gasteiger partial charge in [-0.25, -0.2) is 9.97 Å². The average Bonchev–Trinajstić information content (AvgIpc) is 2.97. The van der Waals surface area contributed by atoms with Crippen LogP contribution in [-0.4, -0.2) is 21.1 Å². The molecule has 0 aliphatic heterocycles. The second-order valence-electron chi connectivity index (χ2n) is 3.95. The Labute approximate surface area is 106 Å². The van der Waals surface area contributed by atoms with Gasteiger partial charge in [-0.15, -0.1) is 11.3 Å². The molecule has 0 fully saturated rings. The molecule has 0 aromatic carbocycles. The molecule has 2 aromatic heterocycles. The third kappa shape index (κ3) is 3.14. The lowest BCUT2D eigenvalue weighted by Crippen LogP contribution is -2.25. The molecule has 1 N–H and O–H groups in total. The zero-order valence-electron chi connectivity index (χ0n) is 10.3. The maximum absolute atomic E-state index is 4.36. The van der Waals surface area contributed by atoms with Gasteiger partial charge in [0, 0.05) is 37.1 Å². The van der Waals surface area contributed by atoms with Crippen LogP contribution in [0.3, 0.4) is 0 Å². The van der Waals surface area contributed by atoms with Gasteiger partial charge in [0.2, 0.25) is 0 Å². The molecule has 0 spiro atoms. The molecule has 0 bridgehead atoms.